The van der Waals surface area contributed by atoms with Gasteiger partial charge >= 0.3 is 0 Å². The molecule has 0 aliphatic rings. The Balaban J connectivity index is 2.18. The molecule has 4 nitrogen and oxygen atoms in total. The summed E-state index contributed by atoms with van der Waals surface area (Å²) >= 11 is 20.2. The molecule has 1 atom stereocenters. The van der Waals surface area contributed by atoms with Gasteiger partial charge in [0.1, 0.15) is 6.04 Å². The SMILES string of the molecule is CCC(C(=O)NCC(C)C)N(Cc1c(Cl)cccc1Cl)C(=O)CSCc1ccc(Cl)cc1. The minimum Gasteiger partial charge on any atom is -0.354 e. The van der Waals surface area contributed by atoms with Crippen molar-refractivity contribution in [2.45, 2.75) is 45.5 Å². The fraction of sp³-hybridized carbons (Fsp3) is 0.417. The number of hydrogen-bond acceptors (Lipinski definition) is 3. The number of thioether (sulfide) groups is 1. The molecular weight excluding hydrogens is 487 g/mol. The van der Waals surface area contributed by atoms with Gasteiger partial charge in [-0.25, -0.2) is 0 Å². The molecule has 32 heavy (non-hydrogen) atoms. The molecule has 0 saturated heterocycles. The van der Waals surface area contributed by atoms with Crippen LogP contribution >= 0.6 is 46.6 Å². The van der Waals surface area contributed by atoms with Gasteiger partial charge in [-0.3, -0.25) is 9.59 Å². The van der Waals surface area contributed by atoms with Crippen molar-refractivity contribution < 1.29 is 9.59 Å². The smallest absolute Gasteiger partial charge is 0.242 e. The number of nitrogens with one attached hydrogen (secondary N) is 1. The highest BCUT2D eigenvalue weighted by atomic mass is 35.5. The molecule has 0 spiro atoms. The maximum Gasteiger partial charge on any atom is 0.242 e. The Morgan fingerprint density at radius 1 is 1.03 bits per heavy atom. The lowest BCUT2D eigenvalue weighted by atomic mass is 10.1. The Morgan fingerprint density at radius 2 is 1.66 bits per heavy atom. The van der Waals surface area contributed by atoms with E-state index >= 15 is 0 Å². The van der Waals surface area contributed by atoms with Crippen LogP contribution in [0.3, 0.4) is 0 Å². The molecule has 174 valence electrons. The zero-order chi connectivity index (χ0) is 23.7. The predicted octanol–water partition coefficient (Wildman–Crippen LogP) is 6.46. The highest BCUT2D eigenvalue weighted by molar-refractivity contribution is 7.99. The van der Waals surface area contributed by atoms with E-state index in [1.165, 1.54) is 11.8 Å². The van der Waals surface area contributed by atoms with Gasteiger partial charge in [-0.2, -0.15) is 0 Å². The first-order valence-corrected chi connectivity index (χ1v) is 12.8. The van der Waals surface area contributed by atoms with Gasteiger partial charge < -0.3 is 10.2 Å². The van der Waals surface area contributed by atoms with Crippen LogP contribution in [0.25, 0.3) is 0 Å². The average Bonchev–Trinajstić information content (AvgIpc) is 2.75. The molecule has 2 aromatic rings. The molecule has 2 rings (SSSR count). The monoisotopic (exact) mass is 514 g/mol. The van der Waals surface area contributed by atoms with Gasteiger partial charge in [-0.1, -0.05) is 73.8 Å². The Hall–Kier alpha value is -1.40. The summed E-state index contributed by atoms with van der Waals surface area (Å²) in [4.78, 5) is 27.8. The van der Waals surface area contributed by atoms with E-state index in [1.54, 1.807) is 23.1 Å². The Bertz CT molecular complexity index is 886. The van der Waals surface area contributed by atoms with Gasteiger partial charge in [0.25, 0.3) is 0 Å². The lowest BCUT2D eigenvalue weighted by Gasteiger charge is -2.31. The molecular formula is C24H29Cl3N2O2S. The van der Waals surface area contributed by atoms with Crippen LogP contribution in [-0.4, -0.2) is 35.1 Å². The van der Waals surface area contributed by atoms with Gasteiger partial charge in [-0.05, 0) is 42.2 Å². The highest BCUT2D eigenvalue weighted by Gasteiger charge is 2.29. The second-order valence-electron chi connectivity index (χ2n) is 7.90. The number of hydrogen-bond donors (Lipinski definition) is 1. The van der Waals surface area contributed by atoms with E-state index < -0.39 is 6.04 Å². The lowest BCUT2D eigenvalue weighted by molar-refractivity contribution is -0.139. The van der Waals surface area contributed by atoms with Crippen LogP contribution in [-0.2, 0) is 21.9 Å². The number of nitrogens with zero attached hydrogens (tertiary/aromatic N) is 1. The van der Waals surface area contributed by atoms with Crippen molar-refractivity contribution in [3.8, 4) is 0 Å². The minimum atomic E-state index is -0.607. The van der Waals surface area contributed by atoms with Crippen molar-refractivity contribution in [1.82, 2.24) is 10.2 Å². The Morgan fingerprint density at radius 3 is 2.22 bits per heavy atom. The second-order valence-corrected chi connectivity index (χ2v) is 10.1. The maximum absolute atomic E-state index is 13.3. The normalized spacial score (nSPS) is 12.0. The van der Waals surface area contributed by atoms with Gasteiger partial charge in [0.15, 0.2) is 0 Å². The summed E-state index contributed by atoms with van der Waals surface area (Å²) in [5.74, 6) is 0.916. The molecule has 8 heteroatoms. The number of carbonyl (C=O) groups excluding carboxylic acids is 2. The molecule has 2 amide bonds. The second kappa shape index (κ2) is 13.3. The maximum atomic E-state index is 13.3. The molecule has 2 aromatic carbocycles. The number of halogens is 3. The van der Waals surface area contributed by atoms with Crippen LogP contribution in [0.1, 0.15) is 38.3 Å². The topological polar surface area (TPSA) is 49.4 Å². The van der Waals surface area contributed by atoms with Crippen molar-refractivity contribution >= 4 is 58.4 Å². The molecule has 0 bridgehead atoms. The molecule has 0 aliphatic heterocycles. The van der Waals surface area contributed by atoms with Gasteiger partial charge in [-0.15, -0.1) is 11.8 Å². The lowest BCUT2D eigenvalue weighted by Crippen LogP contribution is -2.50. The third-order valence-corrected chi connectivity index (χ3v) is 6.82. The molecule has 1 unspecified atom stereocenters. The quantitative estimate of drug-likeness (QED) is 0.373. The first-order chi connectivity index (χ1) is 15.2. The fourth-order valence-corrected chi connectivity index (χ4v) is 4.63. The summed E-state index contributed by atoms with van der Waals surface area (Å²) < 4.78 is 0. The van der Waals surface area contributed by atoms with Gasteiger partial charge in [0.2, 0.25) is 11.8 Å². The van der Waals surface area contributed by atoms with Gasteiger partial charge in [0, 0.05) is 39.5 Å². The standard InChI is InChI=1S/C24H29Cl3N2O2S/c1-4-22(24(31)28-12-16(2)3)29(13-19-20(26)6-5-7-21(19)27)23(30)15-32-14-17-8-10-18(25)11-9-17/h5-11,16,22H,4,12-15H2,1-3H3,(H,28,31). The average molecular weight is 516 g/mol. The molecule has 0 radical (unpaired) electrons. The number of amides is 2. The largest absolute Gasteiger partial charge is 0.354 e. The van der Waals surface area contributed by atoms with E-state index in [2.05, 4.69) is 5.32 Å². The van der Waals surface area contributed by atoms with Gasteiger partial charge in [0.05, 0.1) is 5.75 Å². The predicted molar refractivity (Wildman–Crippen MR) is 137 cm³/mol. The zero-order valence-corrected chi connectivity index (χ0v) is 21.6. The first kappa shape index (κ1) is 26.8. The van der Waals surface area contributed by atoms with Crippen LogP contribution in [0.5, 0.6) is 0 Å². The van der Waals surface area contributed by atoms with E-state index in [1.807, 2.05) is 45.0 Å². The minimum absolute atomic E-state index is 0.133. The fourth-order valence-electron chi connectivity index (χ4n) is 3.12. The summed E-state index contributed by atoms with van der Waals surface area (Å²) in [6, 6.07) is 12.2. The van der Waals surface area contributed by atoms with Crippen LogP contribution < -0.4 is 5.32 Å². The Kier molecular flexibility index (Phi) is 11.2. The molecule has 0 aromatic heterocycles. The number of rotatable bonds is 11. The third-order valence-electron chi connectivity index (χ3n) is 4.87. The van der Waals surface area contributed by atoms with E-state index in [0.717, 1.165) is 5.56 Å². The van der Waals surface area contributed by atoms with E-state index in [0.29, 0.717) is 45.3 Å². The summed E-state index contributed by atoms with van der Waals surface area (Å²) in [6.07, 6.45) is 0.486. The highest BCUT2D eigenvalue weighted by Crippen LogP contribution is 2.27. The molecule has 0 fully saturated rings. The summed E-state index contributed by atoms with van der Waals surface area (Å²) in [5.41, 5.74) is 1.72. The van der Waals surface area contributed by atoms with E-state index in [9.17, 15) is 9.59 Å². The van der Waals surface area contributed by atoms with Crippen molar-refractivity contribution in [1.29, 1.82) is 0 Å². The van der Waals surface area contributed by atoms with Crippen molar-refractivity contribution in [2.24, 2.45) is 5.92 Å². The first-order valence-electron chi connectivity index (χ1n) is 10.5. The Labute approximate surface area is 210 Å². The van der Waals surface area contributed by atoms with Crippen LogP contribution in [0.2, 0.25) is 15.1 Å². The number of carbonyl (C=O) groups is 2. The van der Waals surface area contributed by atoms with Crippen molar-refractivity contribution in [3.63, 3.8) is 0 Å². The molecule has 0 aliphatic carbocycles. The van der Waals surface area contributed by atoms with Crippen molar-refractivity contribution in [3.05, 3.63) is 68.7 Å². The van der Waals surface area contributed by atoms with Crippen LogP contribution in [0, 0.1) is 5.92 Å². The van der Waals surface area contributed by atoms with Crippen molar-refractivity contribution in [2.75, 3.05) is 12.3 Å². The summed E-state index contributed by atoms with van der Waals surface area (Å²) in [5, 5.41) is 4.58. The van der Waals surface area contributed by atoms with E-state index in [4.69, 9.17) is 34.8 Å². The zero-order valence-electron chi connectivity index (χ0n) is 18.5. The van der Waals surface area contributed by atoms with E-state index in [-0.39, 0.29) is 24.1 Å². The molecule has 0 saturated carbocycles. The molecule has 1 N–H and O–H groups in total. The van der Waals surface area contributed by atoms with Crippen LogP contribution in [0.15, 0.2) is 42.5 Å². The third kappa shape index (κ3) is 8.18. The summed E-state index contributed by atoms with van der Waals surface area (Å²) in [7, 11) is 0. The number of benzene rings is 2. The molecule has 0 heterocycles. The summed E-state index contributed by atoms with van der Waals surface area (Å²) in [6.45, 7) is 6.68. The van der Waals surface area contributed by atoms with Crippen LogP contribution in [0.4, 0.5) is 0 Å².